The molecule has 1 heterocycles. The number of benzene rings is 1. The van der Waals surface area contributed by atoms with E-state index in [-0.39, 0.29) is 29.5 Å². The minimum Gasteiger partial charge on any atom is -0.379 e. The van der Waals surface area contributed by atoms with Crippen LogP contribution in [0.25, 0.3) is 0 Å². The van der Waals surface area contributed by atoms with Gasteiger partial charge in [0.2, 0.25) is 0 Å². The maximum absolute atomic E-state index is 5.46. The van der Waals surface area contributed by atoms with Gasteiger partial charge in [-0.2, -0.15) is 0 Å². The lowest BCUT2D eigenvalue weighted by atomic mass is 10.0. The largest absolute Gasteiger partial charge is 0.379 e. The predicted molar refractivity (Wildman–Crippen MR) is 129 cm³/mol. The number of aliphatic imine (C=N–C) groups is 1. The molecule has 28 heavy (non-hydrogen) atoms. The van der Waals surface area contributed by atoms with Crippen LogP contribution in [0, 0.1) is 0 Å². The third-order valence-electron chi connectivity index (χ3n) is 5.27. The summed E-state index contributed by atoms with van der Waals surface area (Å²) in [5.41, 5.74) is 2.70. The zero-order valence-electron chi connectivity index (χ0n) is 18.1. The first-order valence-electron chi connectivity index (χ1n) is 9.99. The summed E-state index contributed by atoms with van der Waals surface area (Å²) in [6.07, 6.45) is 0. The van der Waals surface area contributed by atoms with Gasteiger partial charge in [0.05, 0.1) is 19.8 Å². The molecule has 0 radical (unpaired) electrons. The minimum absolute atomic E-state index is 0. The van der Waals surface area contributed by atoms with Crippen LogP contribution in [-0.4, -0.2) is 74.8 Å². The van der Waals surface area contributed by atoms with Gasteiger partial charge in [-0.05, 0) is 46.0 Å². The smallest absolute Gasteiger partial charge is 0.191 e. The van der Waals surface area contributed by atoms with Crippen molar-refractivity contribution in [3.05, 3.63) is 35.4 Å². The van der Waals surface area contributed by atoms with E-state index in [0.717, 1.165) is 51.9 Å². The molecule has 0 aliphatic carbocycles. The van der Waals surface area contributed by atoms with E-state index in [1.807, 2.05) is 0 Å². The summed E-state index contributed by atoms with van der Waals surface area (Å²) in [4.78, 5) is 9.51. The Morgan fingerprint density at radius 2 is 1.79 bits per heavy atom. The van der Waals surface area contributed by atoms with Crippen molar-refractivity contribution in [3.63, 3.8) is 0 Å². The fourth-order valence-electron chi connectivity index (χ4n) is 2.83. The molecule has 0 spiro atoms. The normalized spacial score (nSPS) is 16.0. The number of ether oxygens (including phenoxy) is 1. The number of hydrogen-bond donors (Lipinski definition) is 2. The summed E-state index contributed by atoms with van der Waals surface area (Å²) >= 11 is 0. The average molecular weight is 503 g/mol. The maximum Gasteiger partial charge on any atom is 0.191 e. The molecule has 0 amide bonds. The predicted octanol–water partition coefficient (Wildman–Crippen LogP) is 2.53. The van der Waals surface area contributed by atoms with Crippen molar-refractivity contribution < 1.29 is 4.74 Å². The first-order valence-corrected chi connectivity index (χ1v) is 9.99. The quantitative estimate of drug-likeness (QED) is 0.325. The number of nitrogens with zero attached hydrogens (tertiary/aromatic N) is 3. The molecule has 1 saturated heterocycles. The van der Waals surface area contributed by atoms with Gasteiger partial charge in [0, 0.05) is 38.3 Å². The number of likely N-dealkylation sites (N-methyl/N-ethyl adjacent to an activating group) is 1. The summed E-state index contributed by atoms with van der Waals surface area (Å²) in [6, 6.07) is 8.62. The van der Waals surface area contributed by atoms with E-state index in [1.165, 1.54) is 11.1 Å². The third kappa shape index (κ3) is 8.23. The molecule has 1 aliphatic rings. The van der Waals surface area contributed by atoms with Crippen LogP contribution in [0.4, 0.5) is 0 Å². The highest BCUT2D eigenvalue weighted by Crippen LogP contribution is 2.14. The van der Waals surface area contributed by atoms with Crippen molar-refractivity contribution >= 4 is 29.9 Å². The zero-order chi connectivity index (χ0) is 19.7. The van der Waals surface area contributed by atoms with Gasteiger partial charge in [0.25, 0.3) is 0 Å². The molecule has 160 valence electrons. The SMILES string of the molecule is CCNC(=NCc1ccccc1CN1CCOCC1)NCC(C)(C)N(C)C.I. The highest BCUT2D eigenvalue weighted by atomic mass is 127. The molecule has 0 aromatic heterocycles. The van der Waals surface area contributed by atoms with E-state index >= 15 is 0 Å². The van der Waals surface area contributed by atoms with Crippen LogP contribution >= 0.6 is 24.0 Å². The molecule has 0 unspecified atom stereocenters. The second-order valence-corrected chi connectivity index (χ2v) is 7.91. The Kier molecular flexibility index (Phi) is 11.3. The molecule has 6 nitrogen and oxygen atoms in total. The lowest BCUT2D eigenvalue weighted by Gasteiger charge is -2.33. The second-order valence-electron chi connectivity index (χ2n) is 7.91. The average Bonchev–Trinajstić information content (AvgIpc) is 2.66. The molecule has 0 bridgehead atoms. The maximum atomic E-state index is 5.46. The number of hydrogen-bond acceptors (Lipinski definition) is 4. The lowest BCUT2D eigenvalue weighted by molar-refractivity contribution is 0.0341. The Bertz CT molecular complexity index is 600. The molecule has 1 fully saturated rings. The second kappa shape index (κ2) is 12.6. The van der Waals surface area contributed by atoms with Gasteiger partial charge in [-0.15, -0.1) is 24.0 Å². The van der Waals surface area contributed by atoms with Crippen LogP contribution in [0.15, 0.2) is 29.3 Å². The van der Waals surface area contributed by atoms with Gasteiger partial charge in [-0.25, -0.2) is 4.99 Å². The van der Waals surface area contributed by atoms with Crippen molar-refractivity contribution in [2.24, 2.45) is 4.99 Å². The molecule has 0 saturated carbocycles. The van der Waals surface area contributed by atoms with E-state index in [4.69, 9.17) is 9.73 Å². The van der Waals surface area contributed by atoms with E-state index in [2.05, 4.69) is 79.6 Å². The van der Waals surface area contributed by atoms with Crippen LogP contribution in [0.1, 0.15) is 31.9 Å². The van der Waals surface area contributed by atoms with E-state index < -0.39 is 0 Å². The van der Waals surface area contributed by atoms with Gasteiger partial charge >= 0.3 is 0 Å². The molecular formula is C21H38IN5O. The van der Waals surface area contributed by atoms with E-state index in [0.29, 0.717) is 6.54 Å². The van der Waals surface area contributed by atoms with Gasteiger partial charge < -0.3 is 20.3 Å². The number of halogens is 1. The van der Waals surface area contributed by atoms with Crippen molar-refractivity contribution in [1.29, 1.82) is 0 Å². The summed E-state index contributed by atoms with van der Waals surface area (Å²) in [7, 11) is 4.21. The van der Waals surface area contributed by atoms with Gasteiger partial charge in [-0.1, -0.05) is 24.3 Å². The van der Waals surface area contributed by atoms with Crippen molar-refractivity contribution in [3.8, 4) is 0 Å². The molecular weight excluding hydrogens is 465 g/mol. The molecule has 1 aromatic rings. The Balaban J connectivity index is 0.00000392. The fourth-order valence-corrected chi connectivity index (χ4v) is 2.83. The first-order chi connectivity index (χ1) is 12.9. The molecule has 2 rings (SSSR count). The van der Waals surface area contributed by atoms with Gasteiger partial charge in [0.15, 0.2) is 5.96 Å². The fraction of sp³-hybridized carbons (Fsp3) is 0.667. The molecule has 1 aliphatic heterocycles. The molecule has 1 aromatic carbocycles. The Labute approximate surface area is 188 Å². The monoisotopic (exact) mass is 503 g/mol. The van der Waals surface area contributed by atoms with Crippen molar-refractivity contribution in [1.82, 2.24) is 20.4 Å². The first kappa shape index (κ1) is 25.1. The van der Waals surface area contributed by atoms with Gasteiger partial charge in [-0.3, -0.25) is 4.90 Å². The minimum atomic E-state index is 0. The van der Waals surface area contributed by atoms with Crippen molar-refractivity contribution in [2.45, 2.75) is 39.4 Å². The highest BCUT2D eigenvalue weighted by molar-refractivity contribution is 14.0. The molecule has 0 atom stereocenters. The number of rotatable bonds is 8. The zero-order valence-corrected chi connectivity index (χ0v) is 20.5. The summed E-state index contributed by atoms with van der Waals surface area (Å²) in [6.45, 7) is 13.5. The van der Waals surface area contributed by atoms with Crippen LogP contribution in [0.5, 0.6) is 0 Å². The van der Waals surface area contributed by atoms with Crippen LogP contribution in [0.3, 0.4) is 0 Å². The Morgan fingerprint density at radius 1 is 1.14 bits per heavy atom. The summed E-state index contributed by atoms with van der Waals surface area (Å²) < 4.78 is 5.46. The standard InChI is InChI=1S/C21H37N5O.HI/c1-6-22-20(24-17-21(2,3)25(4)5)23-15-18-9-7-8-10-19(18)16-26-11-13-27-14-12-26;/h7-10H,6,11-17H2,1-5H3,(H2,22,23,24);1H. The van der Waals surface area contributed by atoms with E-state index in [9.17, 15) is 0 Å². The van der Waals surface area contributed by atoms with E-state index in [1.54, 1.807) is 0 Å². The Hall–Kier alpha value is -0.900. The summed E-state index contributed by atoms with van der Waals surface area (Å²) in [5.74, 6) is 0.869. The summed E-state index contributed by atoms with van der Waals surface area (Å²) in [5, 5.41) is 6.84. The number of morpholine rings is 1. The molecule has 2 N–H and O–H groups in total. The number of nitrogens with one attached hydrogen (secondary N) is 2. The number of guanidine groups is 1. The lowest BCUT2D eigenvalue weighted by Crippen LogP contribution is -2.50. The Morgan fingerprint density at radius 3 is 2.39 bits per heavy atom. The topological polar surface area (TPSA) is 52.1 Å². The van der Waals surface area contributed by atoms with Gasteiger partial charge in [0.1, 0.15) is 0 Å². The highest BCUT2D eigenvalue weighted by Gasteiger charge is 2.20. The molecule has 7 heteroatoms. The van der Waals surface area contributed by atoms with Crippen LogP contribution in [-0.2, 0) is 17.8 Å². The van der Waals surface area contributed by atoms with Crippen molar-refractivity contribution in [2.75, 3.05) is 53.5 Å². The van der Waals surface area contributed by atoms with Crippen LogP contribution in [0.2, 0.25) is 0 Å². The van der Waals surface area contributed by atoms with Crippen LogP contribution < -0.4 is 10.6 Å². The third-order valence-corrected chi connectivity index (χ3v) is 5.27.